The summed E-state index contributed by atoms with van der Waals surface area (Å²) in [6.45, 7) is 0. The zero-order valence-corrected chi connectivity index (χ0v) is 30.2. The number of aromatic hydroxyl groups is 2. The van der Waals surface area contributed by atoms with Gasteiger partial charge in [-0.3, -0.25) is 19.6 Å². The fourth-order valence-electron chi connectivity index (χ4n) is 4.88. The van der Waals surface area contributed by atoms with Crippen molar-refractivity contribution < 1.29 is 40.8 Å². The third kappa shape index (κ3) is 8.89. The number of hydrogen-bond donors (Lipinski definition) is 5. The minimum Gasteiger partial charge on any atom is -0.504 e. The maximum Gasteiger partial charge on any atom is 0.313 e. The van der Waals surface area contributed by atoms with E-state index in [0.717, 1.165) is 29.3 Å². The summed E-state index contributed by atoms with van der Waals surface area (Å²) in [5, 5.41) is 30.8. The molecule has 6 N–H and O–H groups in total. The van der Waals surface area contributed by atoms with Gasteiger partial charge in [0, 0.05) is 10.5 Å². The Morgan fingerprint density at radius 2 is 1.08 bits per heavy atom. The van der Waals surface area contributed by atoms with Gasteiger partial charge in [-0.2, -0.15) is 0 Å². The number of nitrogens with one attached hydrogen (secondary N) is 2. The molecule has 0 unspecified atom stereocenters. The molecule has 0 radical (unpaired) electrons. The number of anilines is 3. The molecule has 17 heteroatoms. The van der Waals surface area contributed by atoms with Crippen LogP contribution in [0.1, 0.15) is 0 Å². The molecule has 12 nitrogen and oxygen atoms in total. The summed E-state index contributed by atoms with van der Waals surface area (Å²) in [4.78, 5) is 8.90. The van der Waals surface area contributed by atoms with E-state index in [1.54, 1.807) is 30.3 Å². The van der Waals surface area contributed by atoms with E-state index in [0.29, 0.717) is 11.1 Å². The molecule has 6 rings (SSSR count). The van der Waals surface area contributed by atoms with Crippen LogP contribution in [0.15, 0.2) is 142 Å². The molecule has 0 amide bonds. The van der Waals surface area contributed by atoms with E-state index < -0.39 is 63.6 Å². The highest BCUT2D eigenvalue weighted by Gasteiger charge is 2.28. The highest BCUT2D eigenvalue weighted by Crippen LogP contribution is 2.37. The van der Waals surface area contributed by atoms with Crippen LogP contribution in [0.5, 0.6) is 11.5 Å². The number of benzene rings is 6. The zero-order chi connectivity index (χ0) is 38.5. The van der Waals surface area contributed by atoms with E-state index in [1.165, 1.54) is 42.5 Å². The van der Waals surface area contributed by atoms with Gasteiger partial charge in [0.05, 0.1) is 22.0 Å². The highest BCUT2D eigenvalue weighted by atomic mass is 79.9. The van der Waals surface area contributed by atoms with Crippen LogP contribution >= 0.6 is 15.9 Å². The van der Waals surface area contributed by atoms with Gasteiger partial charge in [-0.05, 0) is 64.7 Å². The summed E-state index contributed by atoms with van der Waals surface area (Å²) < 4.78 is 82.9. The number of phenolic OH excluding ortho intramolecular Hbond substituents is 2. The normalized spacial score (nSPS) is 11.2. The van der Waals surface area contributed by atoms with Crippen molar-refractivity contribution in [1.29, 1.82) is 0 Å². The first-order valence-corrected chi connectivity index (χ1v) is 18.8. The number of halogens is 3. The van der Waals surface area contributed by atoms with Crippen LogP contribution < -0.4 is 15.2 Å². The van der Waals surface area contributed by atoms with Crippen LogP contribution in [0.4, 0.5) is 31.5 Å². The van der Waals surface area contributed by atoms with Crippen LogP contribution in [0.25, 0.3) is 22.3 Å². The Labute approximate surface area is 310 Å². The molecule has 6 aromatic rings. The van der Waals surface area contributed by atoms with Crippen molar-refractivity contribution in [2.24, 2.45) is 0 Å². The maximum atomic E-state index is 14.5. The minimum atomic E-state index is -4.50. The summed E-state index contributed by atoms with van der Waals surface area (Å²) in [7, 11) is -8.68. The number of nitrogens with zero attached hydrogens (tertiary/aromatic N) is 1. The molecule has 0 aliphatic heterocycles. The zero-order valence-electron chi connectivity index (χ0n) is 26.9. The van der Waals surface area contributed by atoms with Gasteiger partial charge >= 0.3 is 5.69 Å². The van der Waals surface area contributed by atoms with Crippen molar-refractivity contribution in [1.82, 2.24) is 0 Å². The van der Waals surface area contributed by atoms with E-state index >= 15 is 0 Å². The predicted molar refractivity (Wildman–Crippen MR) is 200 cm³/mol. The average molecular weight is 826 g/mol. The van der Waals surface area contributed by atoms with Crippen LogP contribution in [0.2, 0.25) is 0 Å². The summed E-state index contributed by atoms with van der Waals surface area (Å²) in [5.41, 5.74) is 6.77. The van der Waals surface area contributed by atoms with Gasteiger partial charge < -0.3 is 15.9 Å². The Kier molecular flexibility index (Phi) is 11.3. The smallest absolute Gasteiger partial charge is 0.313 e. The Hall–Kier alpha value is -6.04. The minimum absolute atomic E-state index is 0.0669. The number of sulfonamides is 2. The van der Waals surface area contributed by atoms with E-state index in [9.17, 15) is 45.9 Å². The molecule has 0 aromatic heterocycles. The lowest BCUT2D eigenvalue weighted by atomic mass is 10.1. The molecule has 272 valence electrons. The van der Waals surface area contributed by atoms with E-state index in [-0.39, 0.29) is 21.5 Å². The highest BCUT2D eigenvalue weighted by molar-refractivity contribution is 9.10. The van der Waals surface area contributed by atoms with Gasteiger partial charge in [0.25, 0.3) is 20.0 Å². The van der Waals surface area contributed by atoms with Crippen molar-refractivity contribution in [2.75, 3.05) is 15.2 Å². The SMILES string of the molecule is Nc1cccc(S(=O)(=O)Nc2ccc(-c3ccccc3)cc2F)c1O.O=[N+]([O-])c1cc(Br)cc(S(=O)(=O)Nc2ccc(-c3ccccc3)cc2F)c1O. The first-order chi connectivity index (χ1) is 25.1. The molecule has 0 saturated heterocycles. The first-order valence-electron chi connectivity index (χ1n) is 15.1. The fraction of sp³-hybridized carbons (Fsp3) is 0. The number of para-hydroxylation sites is 1. The van der Waals surface area contributed by atoms with Crippen LogP contribution in [0.3, 0.4) is 0 Å². The molecule has 0 aliphatic rings. The lowest BCUT2D eigenvalue weighted by molar-refractivity contribution is -0.386. The van der Waals surface area contributed by atoms with E-state index in [1.807, 2.05) is 41.1 Å². The molecular weight excluding hydrogens is 798 g/mol. The Balaban J connectivity index is 0.000000206. The molecule has 0 saturated carbocycles. The Morgan fingerprint density at radius 3 is 1.53 bits per heavy atom. The second-order valence-corrected chi connectivity index (χ2v) is 15.3. The van der Waals surface area contributed by atoms with Crippen LogP contribution in [-0.4, -0.2) is 32.0 Å². The monoisotopic (exact) mass is 824 g/mol. The lowest BCUT2D eigenvalue weighted by Gasteiger charge is -2.12. The summed E-state index contributed by atoms with van der Waals surface area (Å²) >= 11 is 2.96. The number of nitrogens with two attached hydrogens (primary N) is 1. The predicted octanol–water partition coefficient (Wildman–Crippen LogP) is 8.25. The van der Waals surface area contributed by atoms with Crippen molar-refractivity contribution in [3.8, 4) is 33.8 Å². The van der Waals surface area contributed by atoms with Gasteiger partial charge in [-0.1, -0.05) is 94.8 Å². The molecule has 0 bridgehead atoms. The van der Waals surface area contributed by atoms with Gasteiger partial charge in [-0.25, -0.2) is 25.6 Å². The summed E-state index contributed by atoms with van der Waals surface area (Å²) in [5.74, 6) is -3.18. The molecule has 6 aromatic carbocycles. The lowest BCUT2D eigenvalue weighted by Crippen LogP contribution is -2.14. The third-order valence-corrected chi connectivity index (χ3v) is 10.7. The van der Waals surface area contributed by atoms with Crippen molar-refractivity contribution in [3.05, 3.63) is 154 Å². The number of nitro benzene ring substituents is 1. The first kappa shape index (κ1) is 38.2. The maximum absolute atomic E-state index is 14.5. The number of nitro groups is 1. The van der Waals surface area contributed by atoms with E-state index in [4.69, 9.17) is 5.73 Å². The number of nitrogen functional groups attached to an aromatic ring is 1. The molecule has 0 atom stereocenters. The molecular formula is C36H27BrF2N4O8S2. The molecule has 0 spiro atoms. The van der Waals surface area contributed by atoms with Crippen molar-refractivity contribution >= 4 is 58.7 Å². The molecule has 53 heavy (non-hydrogen) atoms. The van der Waals surface area contributed by atoms with Gasteiger partial charge in [0.2, 0.25) is 5.75 Å². The van der Waals surface area contributed by atoms with Crippen molar-refractivity contribution in [3.63, 3.8) is 0 Å². The summed E-state index contributed by atoms with van der Waals surface area (Å²) in [6.07, 6.45) is 0. The molecule has 0 heterocycles. The number of hydrogen-bond acceptors (Lipinski definition) is 9. The van der Waals surface area contributed by atoms with Gasteiger partial charge in [0.1, 0.15) is 21.4 Å². The molecule has 0 fully saturated rings. The quantitative estimate of drug-likeness (QED) is 0.0412. The van der Waals surface area contributed by atoms with E-state index in [2.05, 4.69) is 20.7 Å². The van der Waals surface area contributed by atoms with Crippen LogP contribution in [0, 0.1) is 21.7 Å². The average Bonchev–Trinajstić information content (AvgIpc) is 3.12. The summed E-state index contributed by atoms with van der Waals surface area (Å²) in [6, 6.07) is 32.1. The second-order valence-electron chi connectivity index (χ2n) is 11.1. The number of phenols is 2. The van der Waals surface area contributed by atoms with Crippen LogP contribution in [-0.2, 0) is 20.0 Å². The van der Waals surface area contributed by atoms with Gasteiger partial charge in [-0.15, -0.1) is 0 Å². The molecule has 0 aliphatic carbocycles. The van der Waals surface area contributed by atoms with Gasteiger partial charge in [0.15, 0.2) is 5.75 Å². The number of rotatable bonds is 9. The fourth-order valence-corrected chi connectivity index (χ4v) is 7.87. The second kappa shape index (κ2) is 15.7. The Bertz CT molecular complexity index is 2550. The standard InChI is InChI=1S/C18H12BrFN2O5S.C18H15FN2O3S/c19-13-9-16(22(24)25)18(23)17(10-13)28(26,27)21-15-7-6-12(8-14(15)20)11-4-2-1-3-5-11;19-14-11-13(12-5-2-1-3-6-12)9-10-16(14)21-25(23,24)17-8-4-7-15(20)18(17)22/h1-10,21,23H;1-11,21-22H,20H2. The Morgan fingerprint density at radius 1 is 0.604 bits per heavy atom. The third-order valence-electron chi connectivity index (χ3n) is 7.47. The topological polar surface area (TPSA) is 202 Å². The largest absolute Gasteiger partial charge is 0.504 e. The van der Waals surface area contributed by atoms with Crippen molar-refractivity contribution in [2.45, 2.75) is 9.79 Å².